The van der Waals surface area contributed by atoms with Crippen molar-refractivity contribution in [2.24, 2.45) is 34.5 Å². The zero-order valence-electron chi connectivity index (χ0n) is 19.5. The summed E-state index contributed by atoms with van der Waals surface area (Å²) in [4.78, 5) is 14.6. The lowest BCUT2D eigenvalue weighted by atomic mass is 9.47. The number of allylic oxidation sites excluding steroid dienone is 1. The molecule has 4 fully saturated rings. The predicted molar refractivity (Wildman–Crippen MR) is 125 cm³/mol. The van der Waals surface area contributed by atoms with E-state index in [1.165, 1.54) is 32.1 Å². The summed E-state index contributed by atoms with van der Waals surface area (Å²) < 4.78 is 6.03. The average molecular weight is 436 g/mol. The first-order chi connectivity index (χ1) is 15.4. The van der Waals surface area contributed by atoms with E-state index in [2.05, 4.69) is 19.9 Å². The number of cyclic esters (lactones) is 1. The summed E-state index contributed by atoms with van der Waals surface area (Å²) in [7, 11) is 0. The highest BCUT2D eigenvalue weighted by Crippen LogP contribution is 2.67. The van der Waals surface area contributed by atoms with Gasteiger partial charge in [-0.1, -0.05) is 43.7 Å². The Balaban J connectivity index is 1.24. The predicted octanol–water partition coefficient (Wildman–Crippen LogP) is 5.95. The number of amides is 1. The van der Waals surface area contributed by atoms with Crippen LogP contribution in [-0.2, 0) is 4.74 Å². The van der Waals surface area contributed by atoms with Crippen molar-refractivity contribution in [3.8, 4) is 0 Å². The number of hydrogen-bond donors (Lipinski definition) is 1. The molecule has 0 radical (unpaired) electrons. The highest BCUT2D eigenvalue weighted by Gasteiger charge is 2.61. The molecule has 0 aromatic heterocycles. The molecule has 32 heavy (non-hydrogen) atoms. The smallest absolute Gasteiger partial charge is 0.414 e. The zero-order valence-corrected chi connectivity index (χ0v) is 19.5. The Morgan fingerprint density at radius 2 is 1.78 bits per heavy atom. The normalized spacial score (nSPS) is 45.5. The third-order valence-corrected chi connectivity index (χ3v) is 10.5. The Bertz CT molecular complexity index is 928. The van der Waals surface area contributed by atoms with Crippen LogP contribution in [0.25, 0.3) is 0 Å². The number of carbonyl (C=O) groups excluding carboxylic acids is 1. The minimum Gasteiger partial charge on any atom is -0.444 e. The van der Waals surface area contributed by atoms with Gasteiger partial charge in [0.25, 0.3) is 0 Å². The summed E-state index contributed by atoms with van der Waals surface area (Å²) in [5, 5.41) is 10.2. The molecule has 1 saturated heterocycles. The van der Waals surface area contributed by atoms with E-state index in [0.29, 0.717) is 12.5 Å². The van der Waals surface area contributed by atoms with E-state index >= 15 is 0 Å². The van der Waals surface area contributed by atoms with Gasteiger partial charge in [0.05, 0.1) is 12.6 Å². The van der Waals surface area contributed by atoms with Crippen molar-refractivity contribution >= 4 is 11.8 Å². The third kappa shape index (κ3) is 2.94. The largest absolute Gasteiger partial charge is 0.444 e. The van der Waals surface area contributed by atoms with Crippen LogP contribution >= 0.6 is 0 Å². The second-order valence-electron chi connectivity index (χ2n) is 11.8. The molecule has 1 aliphatic heterocycles. The number of aliphatic hydroxyl groups is 1. The number of aliphatic hydroxyl groups excluding tert-OH is 1. The van der Waals surface area contributed by atoms with Gasteiger partial charge >= 0.3 is 6.09 Å². The van der Waals surface area contributed by atoms with Gasteiger partial charge in [-0.3, -0.25) is 4.90 Å². The maximum atomic E-state index is 12.7. The SMILES string of the molecule is C[C@]12CC[C@H]3[C@@H](CC=C4C[C@@H](O)CC[C@@]43C)[C@@H]1CC[C@@H]2C1CN(c2ccccc2)C(=O)O1. The molecular formula is C28H37NO3. The van der Waals surface area contributed by atoms with Gasteiger partial charge in [-0.25, -0.2) is 4.79 Å². The van der Waals surface area contributed by atoms with Crippen molar-refractivity contribution in [1.82, 2.24) is 0 Å². The van der Waals surface area contributed by atoms with Crippen LogP contribution in [0.2, 0.25) is 0 Å². The van der Waals surface area contributed by atoms with E-state index in [1.54, 1.807) is 5.57 Å². The molecule has 3 saturated carbocycles. The van der Waals surface area contributed by atoms with Crippen molar-refractivity contribution < 1.29 is 14.6 Å². The fourth-order valence-electron chi connectivity index (χ4n) is 8.81. The number of rotatable bonds is 2. The van der Waals surface area contributed by atoms with Crippen molar-refractivity contribution in [2.75, 3.05) is 11.4 Å². The first kappa shape index (κ1) is 20.8. The summed E-state index contributed by atoms with van der Waals surface area (Å²) in [6.07, 6.45) is 11.3. The van der Waals surface area contributed by atoms with Gasteiger partial charge in [0, 0.05) is 11.6 Å². The maximum absolute atomic E-state index is 12.7. The number of nitrogens with zero attached hydrogens (tertiary/aromatic N) is 1. The molecule has 8 atom stereocenters. The lowest BCUT2D eigenvalue weighted by Gasteiger charge is -2.58. The molecule has 172 valence electrons. The summed E-state index contributed by atoms with van der Waals surface area (Å²) in [5.41, 5.74) is 3.03. The number of benzene rings is 1. The lowest BCUT2D eigenvalue weighted by Crippen LogP contribution is -2.51. The van der Waals surface area contributed by atoms with Crippen LogP contribution in [0, 0.1) is 34.5 Å². The fourth-order valence-corrected chi connectivity index (χ4v) is 8.81. The molecule has 6 rings (SSSR count). The Morgan fingerprint density at radius 1 is 1.00 bits per heavy atom. The molecule has 0 bridgehead atoms. The van der Waals surface area contributed by atoms with E-state index in [4.69, 9.17) is 4.74 Å². The lowest BCUT2D eigenvalue weighted by molar-refractivity contribution is -0.0657. The van der Waals surface area contributed by atoms with Crippen molar-refractivity contribution in [1.29, 1.82) is 0 Å². The number of fused-ring (bicyclic) bond motifs is 5. The fraction of sp³-hybridized carbons (Fsp3) is 0.679. The van der Waals surface area contributed by atoms with Crippen LogP contribution in [0.15, 0.2) is 42.0 Å². The molecule has 1 aromatic carbocycles. The standard InChI is InChI=1S/C28H37NO3/c1-27-14-12-20(30)16-18(27)8-9-21-22-10-11-24(28(22,2)15-13-23(21)27)25-17-29(26(31)32-25)19-6-4-3-5-7-19/h3-8,20-25,30H,9-17H2,1-2H3/t20-,21-,22-,23-,24+,25?,27-,28-/m0/s1. The summed E-state index contributed by atoms with van der Waals surface area (Å²) in [6.45, 7) is 5.69. The molecule has 1 aromatic rings. The molecule has 0 spiro atoms. The summed E-state index contributed by atoms with van der Waals surface area (Å²) >= 11 is 0. The van der Waals surface area contributed by atoms with E-state index in [0.717, 1.165) is 42.7 Å². The van der Waals surface area contributed by atoms with Crippen LogP contribution in [0.4, 0.5) is 10.5 Å². The van der Waals surface area contributed by atoms with Crippen LogP contribution in [-0.4, -0.2) is 30.0 Å². The minimum atomic E-state index is -0.180. The number of carbonyl (C=O) groups is 1. The molecule has 1 amide bonds. The zero-order chi connectivity index (χ0) is 22.1. The Labute approximate surface area is 192 Å². The van der Waals surface area contributed by atoms with E-state index in [9.17, 15) is 9.90 Å². The Kier molecular flexibility index (Phi) is 4.77. The molecule has 1 heterocycles. The Morgan fingerprint density at radius 3 is 2.59 bits per heavy atom. The Hall–Kier alpha value is -1.81. The van der Waals surface area contributed by atoms with Crippen molar-refractivity contribution in [2.45, 2.75) is 77.4 Å². The first-order valence-electron chi connectivity index (χ1n) is 12.8. The number of ether oxygens (including phenoxy) is 1. The first-order valence-corrected chi connectivity index (χ1v) is 12.8. The van der Waals surface area contributed by atoms with Gasteiger partial charge in [0.15, 0.2) is 0 Å². The van der Waals surface area contributed by atoms with Crippen LogP contribution < -0.4 is 4.90 Å². The van der Waals surface area contributed by atoms with E-state index < -0.39 is 0 Å². The second kappa shape index (κ2) is 7.35. The van der Waals surface area contributed by atoms with E-state index in [-0.39, 0.29) is 29.1 Å². The molecule has 5 aliphatic rings. The van der Waals surface area contributed by atoms with Crippen LogP contribution in [0.3, 0.4) is 0 Å². The molecule has 4 nitrogen and oxygen atoms in total. The summed E-state index contributed by atoms with van der Waals surface area (Å²) in [5.74, 6) is 2.67. The van der Waals surface area contributed by atoms with Gasteiger partial charge in [-0.05, 0) is 92.1 Å². The number of anilines is 1. The van der Waals surface area contributed by atoms with E-state index in [1.807, 2.05) is 35.2 Å². The minimum absolute atomic E-state index is 0.00404. The number of para-hydroxylation sites is 1. The molecular weight excluding hydrogens is 398 g/mol. The molecule has 4 heteroatoms. The highest BCUT2D eigenvalue weighted by atomic mass is 16.6. The monoisotopic (exact) mass is 435 g/mol. The topological polar surface area (TPSA) is 49.8 Å². The third-order valence-electron chi connectivity index (χ3n) is 10.5. The number of hydrogen-bond acceptors (Lipinski definition) is 3. The van der Waals surface area contributed by atoms with Gasteiger partial charge in [0.2, 0.25) is 0 Å². The average Bonchev–Trinajstić information content (AvgIpc) is 3.34. The second-order valence-corrected chi connectivity index (χ2v) is 11.8. The van der Waals surface area contributed by atoms with Crippen LogP contribution in [0.5, 0.6) is 0 Å². The summed E-state index contributed by atoms with van der Waals surface area (Å²) in [6, 6.07) is 9.96. The molecule has 1 unspecified atom stereocenters. The highest BCUT2D eigenvalue weighted by molar-refractivity contribution is 5.89. The van der Waals surface area contributed by atoms with Gasteiger partial charge in [-0.15, -0.1) is 0 Å². The molecule has 1 N–H and O–H groups in total. The quantitative estimate of drug-likeness (QED) is 0.584. The van der Waals surface area contributed by atoms with Gasteiger partial charge in [-0.2, -0.15) is 0 Å². The molecule has 4 aliphatic carbocycles. The van der Waals surface area contributed by atoms with Crippen molar-refractivity contribution in [3.63, 3.8) is 0 Å². The van der Waals surface area contributed by atoms with Crippen LogP contribution in [0.1, 0.15) is 65.2 Å². The van der Waals surface area contributed by atoms with Gasteiger partial charge in [0.1, 0.15) is 6.10 Å². The van der Waals surface area contributed by atoms with Gasteiger partial charge < -0.3 is 9.84 Å². The maximum Gasteiger partial charge on any atom is 0.414 e. The van der Waals surface area contributed by atoms with Crippen molar-refractivity contribution in [3.05, 3.63) is 42.0 Å².